The molecule has 7 nitrogen and oxygen atoms in total. The first-order valence-corrected chi connectivity index (χ1v) is 12.8. The molecule has 2 aromatic heterocycles. The first-order valence-electron chi connectivity index (χ1n) is 12.8. The van der Waals surface area contributed by atoms with Crippen LogP contribution in [0.15, 0.2) is 60.8 Å². The molecule has 2 fully saturated rings. The van der Waals surface area contributed by atoms with Gasteiger partial charge < -0.3 is 15.0 Å². The fraction of sp³-hybridized carbons (Fsp3) is 0.393. The minimum atomic E-state index is 0.600. The maximum Gasteiger partial charge on any atom is 0.229 e. The van der Waals surface area contributed by atoms with Crippen molar-refractivity contribution in [3.63, 3.8) is 0 Å². The van der Waals surface area contributed by atoms with Crippen molar-refractivity contribution in [1.29, 1.82) is 0 Å². The highest BCUT2D eigenvalue weighted by molar-refractivity contribution is 5.91. The summed E-state index contributed by atoms with van der Waals surface area (Å²) in [5.41, 5.74) is 5.16. The number of benzene rings is 2. The molecule has 3 heterocycles. The Labute approximate surface area is 206 Å². The lowest BCUT2D eigenvalue weighted by Gasteiger charge is -2.28. The van der Waals surface area contributed by atoms with Crippen molar-refractivity contribution < 1.29 is 4.74 Å². The molecule has 0 spiro atoms. The van der Waals surface area contributed by atoms with Gasteiger partial charge in [0.05, 0.1) is 18.6 Å². The molecule has 0 amide bonds. The lowest BCUT2D eigenvalue weighted by molar-refractivity contribution is 0.122. The summed E-state index contributed by atoms with van der Waals surface area (Å²) < 4.78 is 7.62. The number of nitrogens with zero attached hydrogens (tertiary/aromatic N) is 5. The predicted octanol–water partition coefficient (Wildman–Crippen LogP) is 5.65. The first kappa shape index (κ1) is 22.0. The molecule has 1 aliphatic carbocycles. The van der Waals surface area contributed by atoms with E-state index in [1.807, 2.05) is 36.5 Å². The van der Waals surface area contributed by atoms with Gasteiger partial charge in [0.1, 0.15) is 5.69 Å². The highest BCUT2D eigenvalue weighted by Crippen LogP contribution is 2.32. The molecular weight excluding hydrogens is 436 g/mol. The van der Waals surface area contributed by atoms with Crippen LogP contribution in [-0.2, 0) is 11.3 Å². The lowest BCUT2D eigenvalue weighted by atomic mass is 9.89. The molecular formula is C28H32N6O. The van der Waals surface area contributed by atoms with Crippen LogP contribution >= 0.6 is 0 Å². The molecule has 1 N–H and O–H groups in total. The molecule has 0 radical (unpaired) electrons. The smallest absolute Gasteiger partial charge is 0.229 e. The van der Waals surface area contributed by atoms with E-state index in [2.05, 4.69) is 44.1 Å². The zero-order chi connectivity index (χ0) is 23.5. The van der Waals surface area contributed by atoms with Crippen molar-refractivity contribution in [3.8, 4) is 11.3 Å². The Morgan fingerprint density at radius 2 is 1.69 bits per heavy atom. The number of aromatic nitrogens is 4. The average Bonchev–Trinajstić information content (AvgIpc) is 3.28. The maximum absolute atomic E-state index is 5.50. The Hall–Kier alpha value is -3.45. The number of morpholine rings is 1. The SMILES string of the molecule is c1ccc(Nc2ncc3c(-c4ccc(N5CCOCC5)cc4)nn(CC4CCCCC4)c3n2)cc1. The largest absolute Gasteiger partial charge is 0.378 e. The minimum absolute atomic E-state index is 0.600. The van der Waals surface area contributed by atoms with Gasteiger partial charge in [-0.1, -0.05) is 49.6 Å². The van der Waals surface area contributed by atoms with Gasteiger partial charge in [-0.05, 0) is 43.0 Å². The van der Waals surface area contributed by atoms with E-state index in [1.54, 1.807) is 0 Å². The number of rotatable bonds is 6. The second-order valence-corrected chi connectivity index (χ2v) is 9.60. The summed E-state index contributed by atoms with van der Waals surface area (Å²) in [5, 5.41) is 9.44. The summed E-state index contributed by atoms with van der Waals surface area (Å²) >= 11 is 0. The van der Waals surface area contributed by atoms with Crippen LogP contribution in [0.2, 0.25) is 0 Å². The lowest BCUT2D eigenvalue weighted by Crippen LogP contribution is -2.36. The molecule has 0 atom stereocenters. The Kier molecular flexibility index (Phi) is 6.32. The Bertz CT molecular complexity index is 1260. The standard InChI is InChI=1S/C28H32N6O/c1-3-7-21(8-4-1)20-34-27-25(19-29-28(31-27)30-23-9-5-2-6-10-23)26(32-34)22-11-13-24(14-12-22)33-15-17-35-18-16-33/h2,5-6,9-14,19,21H,1,3-4,7-8,15-18,20H2,(H,29,30,31). The van der Waals surface area contributed by atoms with E-state index in [4.69, 9.17) is 14.8 Å². The van der Waals surface area contributed by atoms with Crippen LogP contribution < -0.4 is 10.2 Å². The van der Waals surface area contributed by atoms with Gasteiger partial charge in [0.15, 0.2) is 5.65 Å². The van der Waals surface area contributed by atoms with Crippen molar-refractivity contribution in [3.05, 3.63) is 60.8 Å². The number of hydrogen-bond donors (Lipinski definition) is 1. The fourth-order valence-corrected chi connectivity index (χ4v) is 5.28. The van der Waals surface area contributed by atoms with Gasteiger partial charge >= 0.3 is 0 Å². The van der Waals surface area contributed by atoms with E-state index in [0.717, 1.165) is 60.8 Å². The third-order valence-corrected chi connectivity index (χ3v) is 7.19. The molecule has 6 rings (SSSR count). The second-order valence-electron chi connectivity index (χ2n) is 9.60. The van der Waals surface area contributed by atoms with Gasteiger partial charge in [-0.25, -0.2) is 9.67 Å². The van der Waals surface area contributed by atoms with Gasteiger partial charge in [-0.15, -0.1) is 0 Å². The Morgan fingerprint density at radius 3 is 2.46 bits per heavy atom. The normalized spacial score (nSPS) is 17.1. The third-order valence-electron chi connectivity index (χ3n) is 7.19. The van der Waals surface area contributed by atoms with E-state index >= 15 is 0 Å². The van der Waals surface area contributed by atoms with E-state index in [9.17, 15) is 0 Å². The summed E-state index contributed by atoms with van der Waals surface area (Å²) in [6.07, 6.45) is 8.44. The summed E-state index contributed by atoms with van der Waals surface area (Å²) in [4.78, 5) is 11.9. The topological polar surface area (TPSA) is 68.1 Å². The predicted molar refractivity (Wildman–Crippen MR) is 140 cm³/mol. The van der Waals surface area contributed by atoms with Crippen LogP contribution in [0.4, 0.5) is 17.3 Å². The molecule has 0 bridgehead atoms. The highest BCUT2D eigenvalue weighted by atomic mass is 16.5. The monoisotopic (exact) mass is 468 g/mol. The molecule has 0 unspecified atom stereocenters. The number of para-hydroxylation sites is 1. The van der Waals surface area contributed by atoms with Crippen molar-refractivity contribution in [2.75, 3.05) is 36.5 Å². The van der Waals surface area contributed by atoms with Gasteiger partial charge in [-0.2, -0.15) is 10.1 Å². The van der Waals surface area contributed by atoms with Gasteiger partial charge in [0, 0.05) is 42.8 Å². The summed E-state index contributed by atoms with van der Waals surface area (Å²) in [6.45, 7) is 4.35. The maximum atomic E-state index is 5.50. The van der Waals surface area contributed by atoms with Crippen LogP contribution in [-0.4, -0.2) is 46.1 Å². The average molecular weight is 469 g/mol. The Morgan fingerprint density at radius 1 is 0.914 bits per heavy atom. The zero-order valence-electron chi connectivity index (χ0n) is 20.1. The van der Waals surface area contributed by atoms with E-state index in [1.165, 1.54) is 37.8 Å². The Balaban J connectivity index is 1.34. The number of fused-ring (bicyclic) bond motifs is 1. The summed E-state index contributed by atoms with van der Waals surface area (Å²) in [6, 6.07) is 18.8. The van der Waals surface area contributed by atoms with Crippen LogP contribution in [0.25, 0.3) is 22.3 Å². The van der Waals surface area contributed by atoms with E-state index in [0.29, 0.717) is 11.9 Å². The van der Waals surface area contributed by atoms with Crippen molar-refractivity contribution >= 4 is 28.4 Å². The summed E-state index contributed by atoms with van der Waals surface area (Å²) in [5.74, 6) is 1.26. The molecule has 35 heavy (non-hydrogen) atoms. The quantitative estimate of drug-likeness (QED) is 0.394. The number of nitrogens with one attached hydrogen (secondary N) is 1. The third kappa shape index (κ3) is 4.86. The van der Waals surface area contributed by atoms with Crippen molar-refractivity contribution in [2.45, 2.75) is 38.6 Å². The number of ether oxygens (including phenoxy) is 1. The molecule has 2 aromatic carbocycles. The fourth-order valence-electron chi connectivity index (χ4n) is 5.28. The molecule has 2 aliphatic rings. The number of anilines is 3. The van der Waals surface area contributed by atoms with Gasteiger partial charge in [0.25, 0.3) is 0 Å². The van der Waals surface area contributed by atoms with Crippen molar-refractivity contribution in [2.24, 2.45) is 5.92 Å². The molecule has 4 aromatic rings. The molecule has 7 heteroatoms. The van der Waals surface area contributed by atoms with E-state index in [-0.39, 0.29) is 0 Å². The molecule has 180 valence electrons. The van der Waals surface area contributed by atoms with Gasteiger partial charge in [0.2, 0.25) is 5.95 Å². The van der Waals surface area contributed by atoms with Gasteiger partial charge in [-0.3, -0.25) is 0 Å². The minimum Gasteiger partial charge on any atom is -0.378 e. The molecule has 1 saturated heterocycles. The van der Waals surface area contributed by atoms with Crippen LogP contribution in [0.5, 0.6) is 0 Å². The van der Waals surface area contributed by atoms with Crippen molar-refractivity contribution in [1.82, 2.24) is 19.7 Å². The molecule has 1 aliphatic heterocycles. The summed E-state index contributed by atoms with van der Waals surface area (Å²) in [7, 11) is 0. The van der Waals surface area contributed by atoms with Crippen LogP contribution in [0, 0.1) is 5.92 Å². The van der Waals surface area contributed by atoms with E-state index < -0.39 is 0 Å². The second kappa shape index (κ2) is 10.0. The van der Waals surface area contributed by atoms with Crippen LogP contribution in [0.1, 0.15) is 32.1 Å². The zero-order valence-corrected chi connectivity index (χ0v) is 20.1. The molecule has 1 saturated carbocycles. The highest BCUT2D eigenvalue weighted by Gasteiger charge is 2.20. The first-order chi connectivity index (χ1) is 17.3. The number of hydrogen-bond acceptors (Lipinski definition) is 6. The van der Waals surface area contributed by atoms with Crippen LogP contribution in [0.3, 0.4) is 0 Å².